The summed E-state index contributed by atoms with van der Waals surface area (Å²) in [6, 6.07) is 3.83. The van der Waals surface area contributed by atoms with E-state index in [2.05, 4.69) is 41.3 Å². The Morgan fingerprint density at radius 3 is 2.62 bits per heavy atom. The van der Waals surface area contributed by atoms with Gasteiger partial charge in [-0.15, -0.1) is 0 Å². The summed E-state index contributed by atoms with van der Waals surface area (Å²) in [5.74, 6) is 1.74. The summed E-state index contributed by atoms with van der Waals surface area (Å²) < 4.78 is 5.29. The maximum absolute atomic E-state index is 5.29. The zero-order valence-corrected chi connectivity index (χ0v) is 13.7. The second-order valence-corrected chi connectivity index (χ2v) is 4.94. The summed E-state index contributed by atoms with van der Waals surface area (Å²) >= 11 is 0. The third kappa shape index (κ3) is 7.75. The van der Waals surface area contributed by atoms with Gasteiger partial charge >= 0.3 is 0 Å². The van der Waals surface area contributed by atoms with E-state index in [1.54, 1.807) is 6.26 Å². The van der Waals surface area contributed by atoms with E-state index in [1.165, 1.54) is 13.0 Å². The van der Waals surface area contributed by atoms with Gasteiger partial charge < -0.3 is 20.0 Å². The molecule has 5 nitrogen and oxygen atoms in total. The first-order chi connectivity index (χ1) is 10.3. The molecule has 0 bridgehead atoms. The SMILES string of the molecule is CCNC(=NCc1ccco1)NCCCCN(CC)CC. The van der Waals surface area contributed by atoms with Crippen LogP contribution in [0.25, 0.3) is 0 Å². The number of unbranched alkanes of at least 4 members (excludes halogenated alkanes) is 1. The lowest BCUT2D eigenvalue weighted by Crippen LogP contribution is -2.38. The Kier molecular flexibility index (Phi) is 9.37. The van der Waals surface area contributed by atoms with Crippen LogP contribution in [0.2, 0.25) is 0 Å². The van der Waals surface area contributed by atoms with Crippen LogP contribution < -0.4 is 10.6 Å². The third-order valence-corrected chi connectivity index (χ3v) is 3.41. The van der Waals surface area contributed by atoms with Crippen LogP contribution in [0.4, 0.5) is 0 Å². The van der Waals surface area contributed by atoms with Gasteiger partial charge in [0.15, 0.2) is 5.96 Å². The maximum Gasteiger partial charge on any atom is 0.191 e. The fourth-order valence-electron chi connectivity index (χ4n) is 2.11. The van der Waals surface area contributed by atoms with Gasteiger partial charge in [-0.1, -0.05) is 13.8 Å². The van der Waals surface area contributed by atoms with Crippen LogP contribution in [0, 0.1) is 0 Å². The maximum atomic E-state index is 5.29. The van der Waals surface area contributed by atoms with Crippen molar-refractivity contribution >= 4 is 5.96 Å². The number of nitrogens with zero attached hydrogens (tertiary/aromatic N) is 2. The number of hydrogen-bond donors (Lipinski definition) is 2. The molecule has 1 aromatic heterocycles. The Morgan fingerprint density at radius 1 is 1.19 bits per heavy atom. The van der Waals surface area contributed by atoms with Gasteiger partial charge in [-0.05, 0) is 51.5 Å². The standard InChI is InChI=1S/C16H30N4O/c1-4-17-16(19-14-15-10-9-13-21-15)18-11-7-8-12-20(5-2)6-3/h9-10,13H,4-8,11-12,14H2,1-3H3,(H2,17,18,19). The number of rotatable bonds is 10. The molecule has 0 saturated heterocycles. The van der Waals surface area contributed by atoms with Gasteiger partial charge in [0.2, 0.25) is 0 Å². The van der Waals surface area contributed by atoms with Crippen LogP contribution in [0.1, 0.15) is 39.4 Å². The fourth-order valence-corrected chi connectivity index (χ4v) is 2.11. The van der Waals surface area contributed by atoms with Gasteiger partial charge in [0, 0.05) is 13.1 Å². The number of nitrogens with one attached hydrogen (secondary N) is 2. The predicted octanol–water partition coefficient (Wildman–Crippen LogP) is 2.46. The van der Waals surface area contributed by atoms with Gasteiger partial charge in [0.1, 0.15) is 12.3 Å². The van der Waals surface area contributed by atoms with E-state index in [4.69, 9.17) is 4.42 Å². The summed E-state index contributed by atoms with van der Waals surface area (Å²) in [6.45, 7) is 12.3. The minimum Gasteiger partial charge on any atom is -0.467 e. The number of guanidine groups is 1. The van der Waals surface area contributed by atoms with Crippen LogP contribution in [-0.4, -0.2) is 43.6 Å². The van der Waals surface area contributed by atoms with Crippen LogP contribution in [-0.2, 0) is 6.54 Å². The minimum atomic E-state index is 0.571. The Labute approximate surface area is 128 Å². The topological polar surface area (TPSA) is 52.8 Å². The van der Waals surface area contributed by atoms with Crippen molar-refractivity contribution in [2.75, 3.05) is 32.7 Å². The zero-order valence-electron chi connectivity index (χ0n) is 13.7. The van der Waals surface area contributed by atoms with Crippen LogP contribution in [0.3, 0.4) is 0 Å². The molecule has 21 heavy (non-hydrogen) atoms. The molecule has 5 heteroatoms. The summed E-state index contributed by atoms with van der Waals surface area (Å²) in [5, 5.41) is 6.63. The van der Waals surface area contributed by atoms with Crippen molar-refractivity contribution < 1.29 is 4.42 Å². The first kappa shape index (κ1) is 17.6. The number of furan rings is 1. The summed E-state index contributed by atoms with van der Waals surface area (Å²) in [6.07, 6.45) is 4.05. The van der Waals surface area contributed by atoms with E-state index < -0.39 is 0 Å². The molecule has 0 aliphatic carbocycles. The lowest BCUT2D eigenvalue weighted by molar-refractivity contribution is 0.297. The van der Waals surface area contributed by atoms with Crippen LogP contribution in [0.5, 0.6) is 0 Å². The molecule has 1 rings (SSSR count). The molecule has 0 fully saturated rings. The smallest absolute Gasteiger partial charge is 0.191 e. The molecular weight excluding hydrogens is 264 g/mol. The molecule has 0 saturated carbocycles. The second-order valence-electron chi connectivity index (χ2n) is 4.94. The number of hydrogen-bond acceptors (Lipinski definition) is 3. The summed E-state index contributed by atoms with van der Waals surface area (Å²) in [5.41, 5.74) is 0. The molecule has 0 aliphatic heterocycles. The molecule has 0 aliphatic rings. The Hall–Kier alpha value is -1.49. The van der Waals surface area contributed by atoms with Gasteiger partial charge in [-0.25, -0.2) is 4.99 Å². The molecule has 0 spiro atoms. The second kappa shape index (κ2) is 11.2. The van der Waals surface area contributed by atoms with Gasteiger partial charge in [-0.2, -0.15) is 0 Å². The quantitative estimate of drug-likeness (QED) is 0.395. The average Bonchev–Trinajstić information content (AvgIpc) is 3.01. The highest BCUT2D eigenvalue weighted by Crippen LogP contribution is 2.01. The highest BCUT2D eigenvalue weighted by Gasteiger charge is 2.00. The summed E-state index contributed by atoms with van der Waals surface area (Å²) in [4.78, 5) is 6.97. The van der Waals surface area contributed by atoms with E-state index in [-0.39, 0.29) is 0 Å². The van der Waals surface area contributed by atoms with E-state index >= 15 is 0 Å². The molecule has 2 N–H and O–H groups in total. The first-order valence-electron chi connectivity index (χ1n) is 8.07. The largest absolute Gasteiger partial charge is 0.467 e. The van der Waals surface area contributed by atoms with Crippen molar-refractivity contribution in [1.29, 1.82) is 0 Å². The molecule has 0 radical (unpaired) electrons. The third-order valence-electron chi connectivity index (χ3n) is 3.41. The van der Waals surface area contributed by atoms with Gasteiger partial charge in [-0.3, -0.25) is 0 Å². The lowest BCUT2D eigenvalue weighted by atomic mass is 10.3. The van der Waals surface area contributed by atoms with Crippen LogP contribution in [0.15, 0.2) is 27.8 Å². The predicted molar refractivity (Wildman–Crippen MR) is 88.5 cm³/mol. The zero-order chi connectivity index (χ0) is 15.3. The highest BCUT2D eigenvalue weighted by atomic mass is 16.3. The fraction of sp³-hybridized carbons (Fsp3) is 0.688. The van der Waals surface area contributed by atoms with Crippen molar-refractivity contribution in [2.45, 2.75) is 40.2 Å². The van der Waals surface area contributed by atoms with E-state index in [0.717, 1.165) is 44.3 Å². The van der Waals surface area contributed by atoms with Crippen LogP contribution >= 0.6 is 0 Å². The van der Waals surface area contributed by atoms with Gasteiger partial charge in [0.25, 0.3) is 0 Å². The van der Waals surface area contributed by atoms with Crippen molar-refractivity contribution in [2.24, 2.45) is 4.99 Å². The normalized spacial score (nSPS) is 11.9. The molecule has 0 aromatic carbocycles. The molecule has 1 aromatic rings. The highest BCUT2D eigenvalue weighted by molar-refractivity contribution is 5.79. The molecular formula is C16H30N4O. The monoisotopic (exact) mass is 294 g/mol. The number of aliphatic imine (C=N–C) groups is 1. The molecule has 1 heterocycles. The Morgan fingerprint density at radius 2 is 2.00 bits per heavy atom. The van der Waals surface area contributed by atoms with Crippen molar-refractivity contribution in [3.8, 4) is 0 Å². The van der Waals surface area contributed by atoms with Gasteiger partial charge in [0.05, 0.1) is 6.26 Å². The Balaban J connectivity index is 2.23. The molecule has 0 amide bonds. The van der Waals surface area contributed by atoms with E-state index in [0.29, 0.717) is 6.54 Å². The van der Waals surface area contributed by atoms with E-state index in [9.17, 15) is 0 Å². The lowest BCUT2D eigenvalue weighted by Gasteiger charge is -2.17. The van der Waals surface area contributed by atoms with Crippen molar-refractivity contribution in [1.82, 2.24) is 15.5 Å². The minimum absolute atomic E-state index is 0.571. The molecule has 0 atom stereocenters. The van der Waals surface area contributed by atoms with Crippen molar-refractivity contribution in [3.05, 3.63) is 24.2 Å². The summed E-state index contributed by atoms with van der Waals surface area (Å²) in [7, 11) is 0. The molecule has 0 unspecified atom stereocenters. The van der Waals surface area contributed by atoms with Crippen molar-refractivity contribution in [3.63, 3.8) is 0 Å². The molecule has 120 valence electrons. The van der Waals surface area contributed by atoms with E-state index in [1.807, 2.05) is 12.1 Å². The first-order valence-corrected chi connectivity index (χ1v) is 8.07. The Bertz CT molecular complexity index is 372. The average molecular weight is 294 g/mol.